The number of ether oxygens (including phenoxy) is 5. The molecule has 10 atom stereocenters. The number of anilines is 1. The lowest BCUT2D eigenvalue weighted by atomic mass is 9.49. The number of phenolic OH excluding ortho intramolecular Hbond substituents is 1. The first-order valence-electron chi connectivity index (χ1n) is 35.7. The molecule has 2 saturated carbocycles. The van der Waals surface area contributed by atoms with Crippen LogP contribution in [0.5, 0.6) is 5.75 Å². The van der Waals surface area contributed by atoms with Gasteiger partial charge in [0, 0.05) is 31.1 Å². The first-order valence-corrected chi connectivity index (χ1v) is 37.3. The molecule has 8 rings (SSSR count). The summed E-state index contributed by atoms with van der Waals surface area (Å²) in [7, 11) is -4.13. The Morgan fingerprint density at radius 2 is 1.23 bits per heavy atom. The van der Waals surface area contributed by atoms with Crippen LogP contribution in [0.3, 0.4) is 0 Å². The van der Waals surface area contributed by atoms with E-state index in [0.29, 0.717) is 96.9 Å². The Balaban J connectivity index is 0.708. The summed E-state index contributed by atoms with van der Waals surface area (Å²) < 4.78 is 60.4. The van der Waals surface area contributed by atoms with E-state index in [4.69, 9.17) is 28.2 Å². The molecule has 26 heteroatoms. The number of aryl methyl sites for hydroxylation is 2. The van der Waals surface area contributed by atoms with Gasteiger partial charge in [-0.15, -0.1) is 5.10 Å². The van der Waals surface area contributed by atoms with E-state index < -0.39 is 61.9 Å². The van der Waals surface area contributed by atoms with Crippen molar-refractivity contribution in [2.75, 3.05) is 83.6 Å². The Labute approximate surface area is 578 Å². The molecular formula is C72H109N9O16S. The van der Waals surface area contributed by atoms with E-state index in [1.165, 1.54) is 5.56 Å². The Hall–Kier alpha value is -6.42. The largest absolute Gasteiger partial charge is 0.508 e. The van der Waals surface area contributed by atoms with E-state index in [1.54, 1.807) is 19.9 Å². The number of carbonyl (C=O) groups excluding carboxylic acids is 7. The molecular weight excluding hydrogens is 1280 g/mol. The van der Waals surface area contributed by atoms with Crippen molar-refractivity contribution in [2.45, 2.75) is 213 Å². The van der Waals surface area contributed by atoms with Crippen LogP contribution in [0.2, 0.25) is 0 Å². The van der Waals surface area contributed by atoms with Crippen LogP contribution in [0.25, 0.3) is 0 Å². The zero-order chi connectivity index (χ0) is 70.8. The second-order valence-electron chi connectivity index (χ2n) is 29.1. The van der Waals surface area contributed by atoms with Gasteiger partial charge in [0.1, 0.15) is 36.2 Å². The van der Waals surface area contributed by atoms with Gasteiger partial charge in [0.25, 0.3) is 10.1 Å². The van der Waals surface area contributed by atoms with Gasteiger partial charge in [-0.2, -0.15) is 8.42 Å². The number of imide groups is 1. The van der Waals surface area contributed by atoms with Gasteiger partial charge in [-0.25, -0.2) is 4.68 Å². The van der Waals surface area contributed by atoms with Gasteiger partial charge in [-0.1, -0.05) is 97.9 Å². The molecule has 2 aromatic carbocycles. The van der Waals surface area contributed by atoms with Crippen molar-refractivity contribution >= 4 is 57.2 Å². The average Bonchev–Trinajstić information content (AvgIpc) is 0.836. The minimum absolute atomic E-state index is 0.0110. The van der Waals surface area contributed by atoms with Crippen LogP contribution >= 0.6 is 0 Å². The molecule has 8 N–H and O–H groups in total. The summed E-state index contributed by atoms with van der Waals surface area (Å²) >= 11 is 0. The van der Waals surface area contributed by atoms with Gasteiger partial charge >= 0.3 is 0 Å². The fourth-order valence-corrected chi connectivity index (χ4v) is 16.5. The molecule has 25 nitrogen and oxygen atoms in total. The van der Waals surface area contributed by atoms with Crippen molar-refractivity contribution in [3.63, 3.8) is 0 Å². The third-order valence-corrected chi connectivity index (χ3v) is 22.5. The number of nitrogens with one attached hydrogen (secondary N) is 6. The predicted octanol–water partition coefficient (Wildman–Crippen LogP) is 7.19. The van der Waals surface area contributed by atoms with Gasteiger partial charge < -0.3 is 55.4 Å². The molecule has 98 heavy (non-hydrogen) atoms. The second kappa shape index (κ2) is 35.3. The number of carbonyl (C=O) groups is 7. The van der Waals surface area contributed by atoms with Crippen LogP contribution in [0.4, 0.5) is 5.69 Å². The lowest BCUT2D eigenvalue weighted by Crippen LogP contribution is -2.60. The summed E-state index contributed by atoms with van der Waals surface area (Å²) in [5.41, 5.74) is 4.56. The van der Waals surface area contributed by atoms with Crippen LogP contribution < -0.4 is 31.9 Å². The van der Waals surface area contributed by atoms with E-state index >= 15 is 0 Å². The van der Waals surface area contributed by atoms with E-state index in [1.807, 2.05) is 62.7 Å². The number of aromatic nitrogens is 3. The van der Waals surface area contributed by atoms with Crippen LogP contribution in [-0.4, -0.2) is 165 Å². The fourth-order valence-electron chi connectivity index (χ4n) is 16.1. The van der Waals surface area contributed by atoms with Gasteiger partial charge in [-0.05, 0) is 165 Å². The maximum Gasteiger partial charge on any atom is 0.266 e. The molecule has 3 aromatic rings. The normalized spacial score (nSPS) is 24.5. The zero-order valence-corrected chi connectivity index (χ0v) is 59.8. The molecule has 0 bridgehead atoms. The summed E-state index contributed by atoms with van der Waals surface area (Å²) in [5.74, 6) is -3.33. The first kappa shape index (κ1) is 77.3. The highest BCUT2D eigenvalue weighted by molar-refractivity contribution is 7.85. The molecule has 1 heterocycles. The second-order valence-corrected chi connectivity index (χ2v) is 30.7. The maximum absolute atomic E-state index is 14.8. The number of nitrogens with zero attached hydrogens (tertiary/aromatic N) is 3. The number of fused-ring (bicyclic) bond motifs is 7. The van der Waals surface area contributed by atoms with E-state index in [-0.39, 0.29) is 97.3 Å². The monoisotopic (exact) mass is 1390 g/mol. The highest BCUT2D eigenvalue weighted by Gasteiger charge is 2.58. The minimum atomic E-state index is -4.13. The SMILES string of the molecule is CC(C)[C@H](NC(=O)[C@H](C)CCCCNC(=O)COC1CCCCCc2c1nnn2CCOCCOCCOCCOCCC(=O)NCCS(=O)(=O)O)C(=O)N[C@@H](C)C(=O)Nc1ccc2c(c1)[C@@]1(C)CCC[C@](C)(C(=O)NC(=O)[C@@]3(C)CCC[C@]4(C)c5cc(O)ccc5CC[C@@H]34)[C@@H]1CC2. The Bertz CT molecular complexity index is 3370. The topological polar surface area (TPSA) is 343 Å². The van der Waals surface area contributed by atoms with Crippen LogP contribution in [0.15, 0.2) is 36.4 Å². The standard InChI is InChI=1S/C72H109N9O16S/c1-47(2)62(77-64(85)48(3)16-12-13-32-73-61(84)46-97-57-18-11-9-10-17-56-63(57)79-80-81(56)34-36-94-38-40-96-42-41-95-39-37-93-35-27-60(83)74-33-43-98(90,91)92)66(87)75-49(4)65(86)76-52-23-19-50-21-25-58-69(5,54(50)44-52)28-14-30-71(58,7)67(88)78-68(89)72(8)31-15-29-70(6)55-45-53(82)24-20-51(55)22-26-59(70)72/h19-20,23-24,44-45,47-49,57-59,62,82H,9-18,21-22,25-43,46H2,1-8H3,(H,73,84)(H,74,83)(H,75,87)(H,76,86)(H,77,85)(H,78,88,89)(H,90,91,92)/t48-,49+,57?,58-,59-,62+,69-,70-,71+,72+/m1/s1. The van der Waals surface area contributed by atoms with Crippen molar-refractivity contribution in [3.05, 3.63) is 70.0 Å². The molecule has 2 fully saturated rings. The van der Waals surface area contributed by atoms with Crippen LogP contribution in [0.1, 0.15) is 198 Å². The predicted molar refractivity (Wildman–Crippen MR) is 367 cm³/mol. The van der Waals surface area contributed by atoms with Crippen molar-refractivity contribution in [1.82, 2.24) is 41.6 Å². The number of amides is 7. The summed E-state index contributed by atoms with van der Waals surface area (Å²) in [4.78, 5) is 95.4. The number of benzene rings is 2. The van der Waals surface area contributed by atoms with Gasteiger partial charge in [-0.3, -0.25) is 43.4 Å². The maximum atomic E-state index is 14.8. The number of unbranched alkanes of at least 4 members (excludes halogenated alkanes) is 1. The highest BCUT2D eigenvalue weighted by Crippen LogP contribution is 2.60. The Morgan fingerprint density at radius 1 is 0.643 bits per heavy atom. The fraction of sp³-hybridized carbons (Fsp3) is 0.708. The van der Waals surface area contributed by atoms with Crippen molar-refractivity contribution < 1.29 is 75.3 Å². The summed E-state index contributed by atoms with van der Waals surface area (Å²) in [5, 5.41) is 36.6. The van der Waals surface area contributed by atoms with Crippen LogP contribution in [0, 0.1) is 34.5 Å². The van der Waals surface area contributed by atoms with E-state index in [2.05, 4.69) is 56.1 Å². The van der Waals surface area contributed by atoms with E-state index in [0.717, 1.165) is 105 Å². The van der Waals surface area contributed by atoms with Crippen molar-refractivity contribution in [3.8, 4) is 5.75 Å². The average molecular weight is 1390 g/mol. The molecule has 1 unspecified atom stereocenters. The lowest BCUT2D eigenvalue weighted by Gasteiger charge is -2.56. The van der Waals surface area contributed by atoms with E-state index in [9.17, 15) is 47.1 Å². The molecule has 0 radical (unpaired) electrons. The molecule has 0 spiro atoms. The first-order chi connectivity index (χ1) is 46.7. The van der Waals surface area contributed by atoms with Crippen molar-refractivity contribution in [2.24, 2.45) is 34.5 Å². The molecule has 0 aliphatic heterocycles. The number of rotatable bonds is 35. The number of hydrogen-bond acceptors (Lipinski definition) is 17. The molecule has 5 aliphatic rings. The lowest BCUT2D eigenvalue weighted by molar-refractivity contribution is -0.150. The number of hydrogen-bond donors (Lipinski definition) is 8. The van der Waals surface area contributed by atoms with Gasteiger partial charge in [0.2, 0.25) is 41.4 Å². The summed E-state index contributed by atoms with van der Waals surface area (Å²) in [6, 6.07) is 9.73. The smallest absolute Gasteiger partial charge is 0.266 e. The third kappa shape index (κ3) is 20.0. The minimum Gasteiger partial charge on any atom is -0.508 e. The number of aromatic hydroxyl groups is 1. The van der Waals surface area contributed by atoms with Crippen molar-refractivity contribution in [1.29, 1.82) is 0 Å². The molecule has 544 valence electrons. The van der Waals surface area contributed by atoms with Crippen LogP contribution in [-0.2, 0) is 104 Å². The Kier molecular flexibility index (Phi) is 27.8. The Morgan fingerprint density at radius 3 is 1.86 bits per heavy atom. The molecule has 5 aliphatic carbocycles. The third-order valence-electron chi connectivity index (χ3n) is 21.8. The highest BCUT2D eigenvalue weighted by atomic mass is 32.2. The molecule has 7 amide bonds. The number of phenols is 1. The van der Waals surface area contributed by atoms with Gasteiger partial charge in [0.05, 0.1) is 81.7 Å². The molecule has 1 aromatic heterocycles. The zero-order valence-electron chi connectivity index (χ0n) is 59.0. The van der Waals surface area contributed by atoms with Gasteiger partial charge in [0.15, 0.2) is 0 Å². The quantitative estimate of drug-likeness (QED) is 0.0164. The summed E-state index contributed by atoms with van der Waals surface area (Å²) in [6.07, 6.45) is 13.8. The molecule has 0 saturated heterocycles. The summed E-state index contributed by atoms with van der Waals surface area (Å²) in [6.45, 7) is 18.8.